The Bertz CT molecular complexity index is 479. The van der Waals surface area contributed by atoms with Gasteiger partial charge in [0.25, 0.3) is 0 Å². The fourth-order valence-electron chi connectivity index (χ4n) is 2.14. The second kappa shape index (κ2) is 9.50. The molecule has 0 aromatic heterocycles. The number of hydrogen-bond acceptors (Lipinski definition) is 5. The minimum Gasteiger partial charge on any atom is -0.493 e. The van der Waals surface area contributed by atoms with Crippen molar-refractivity contribution in [1.82, 2.24) is 10.6 Å². The van der Waals surface area contributed by atoms with Gasteiger partial charge in [-0.25, -0.2) is 0 Å². The van der Waals surface area contributed by atoms with E-state index < -0.39 is 0 Å². The number of amides is 1. The number of ether oxygens (including phenoxy) is 3. The van der Waals surface area contributed by atoms with Crippen molar-refractivity contribution in [3.05, 3.63) is 23.8 Å². The lowest BCUT2D eigenvalue weighted by Crippen LogP contribution is -2.51. The standard InChI is InChI=1S/C15H22N2O4.ClH/c1-3-21-13-5-4-11(8-14(13)19-2)9-17-15(18)12-10-20-7-6-16-12;/h4-5,8,12,16H,3,6-7,9-10H2,1-2H3,(H,17,18);1H. The van der Waals surface area contributed by atoms with Crippen molar-refractivity contribution in [2.24, 2.45) is 0 Å². The van der Waals surface area contributed by atoms with Crippen LogP contribution in [-0.4, -0.2) is 45.4 Å². The van der Waals surface area contributed by atoms with Crippen LogP contribution in [-0.2, 0) is 16.1 Å². The largest absolute Gasteiger partial charge is 0.493 e. The Kier molecular flexibility index (Phi) is 8.01. The molecule has 1 unspecified atom stereocenters. The minimum atomic E-state index is -0.275. The van der Waals surface area contributed by atoms with Gasteiger partial charge in [-0.05, 0) is 24.6 Å². The van der Waals surface area contributed by atoms with Gasteiger partial charge in [-0.2, -0.15) is 0 Å². The Labute approximate surface area is 136 Å². The number of carbonyl (C=O) groups excluding carboxylic acids is 1. The van der Waals surface area contributed by atoms with E-state index in [1.165, 1.54) is 0 Å². The highest BCUT2D eigenvalue weighted by atomic mass is 35.5. The molecule has 0 radical (unpaired) electrons. The molecule has 0 aliphatic carbocycles. The first-order chi connectivity index (χ1) is 10.2. The van der Waals surface area contributed by atoms with E-state index in [1.54, 1.807) is 7.11 Å². The predicted molar refractivity (Wildman–Crippen MR) is 85.9 cm³/mol. The number of benzene rings is 1. The quantitative estimate of drug-likeness (QED) is 0.818. The van der Waals surface area contributed by atoms with Crippen LogP contribution in [0, 0.1) is 0 Å². The van der Waals surface area contributed by atoms with Crippen LogP contribution in [0.15, 0.2) is 18.2 Å². The summed E-state index contributed by atoms with van der Waals surface area (Å²) in [6, 6.07) is 5.36. The zero-order valence-corrected chi connectivity index (χ0v) is 13.7. The zero-order chi connectivity index (χ0) is 15.1. The summed E-state index contributed by atoms with van der Waals surface area (Å²) >= 11 is 0. The topological polar surface area (TPSA) is 68.8 Å². The van der Waals surface area contributed by atoms with E-state index in [-0.39, 0.29) is 24.4 Å². The average Bonchev–Trinajstić information content (AvgIpc) is 2.54. The maximum Gasteiger partial charge on any atom is 0.239 e. The van der Waals surface area contributed by atoms with Gasteiger partial charge in [0.2, 0.25) is 5.91 Å². The highest BCUT2D eigenvalue weighted by Gasteiger charge is 2.20. The summed E-state index contributed by atoms with van der Waals surface area (Å²) in [6.07, 6.45) is 0. The van der Waals surface area contributed by atoms with E-state index in [9.17, 15) is 4.79 Å². The molecular weight excluding hydrogens is 308 g/mol. The monoisotopic (exact) mass is 330 g/mol. The van der Waals surface area contributed by atoms with Crippen LogP contribution in [0.25, 0.3) is 0 Å². The van der Waals surface area contributed by atoms with Gasteiger partial charge in [-0.15, -0.1) is 12.4 Å². The summed E-state index contributed by atoms with van der Waals surface area (Å²) in [5.74, 6) is 1.32. The first-order valence-electron chi connectivity index (χ1n) is 7.13. The summed E-state index contributed by atoms with van der Waals surface area (Å²) in [5.41, 5.74) is 0.959. The van der Waals surface area contributed by atoms with Crippen LogP contribution in [0.4, 0.5) is 0 Å². The van der Waals surface area contributed by atoms with Gasteiger partial charge in [0.1, 0.15) is 6.04 Å². The molecule has 1 aliphatic rings. The van der Waals surface area contributed by atoms with Gasteiger partial charge in [0.15, 0.2) is 11.5 Å². The average molecular weight is 331 g/mol. The summed E-state index contributed by atoms with van der Waals surface area (Å²) in [5, 5.41) is 6.02. The lowest BCUT2D eigenvalue weighted by Gasteiger charge is -2.23. The molecule has 1 aromatic carbocycles. The predicted octanol–water partition coefficient (Wildman–Crippen LogP) is 1.12. The highest BCUT2D eigenvalue weighted by Crippen LogP contribution is 2.27. The normalized spacial score (nSPS) is 17.3. The van der Waals surface area contributed by atoms with Crippen molar-refractivity contribution in [1.29, 1.82) is 0 Å². The van der Waals surface area contributed by atoms with E-state index in [2.05, 4.69) is 10.6 Å². The van der Waals surface area contributed by atoms with Crippen molar-refractivity contribution in [2.45, 2.75) is 19.5 Å². The molecule has 22 heavy (non-hydrogen) atoms. The fraction of sp³-hybridized carbons (Fsp3) is 0.533. The zero-order valence-electron chi connectivity index (χ0n) is 12.9. The molecule has 124 valence electrons. The Morgan fingerprint density at radius 3 is 2.91 bits per heavy atom. The SMILES string of the molecule is CCOc1ccc(CNC(=O)C2COCCN2)cc1OC.Cl. The molecule has 2 rings (SSSR count). The molecular formula is C15H23ClN2O4. The van der Waals surface area contributed by atoms with Gasteiger partial charge in [-0.1, -0.05) is 6.07 Å². The lowest BCUT2D eigenvalue weighted by atomic mass is 10.2. The van der Waals surface area contributed by atoms with E-state index in [4.69, 9.17) is 14.2 Å². The van der Waals surface area contributed by atoms with Gasteiger partial charge in [-0.3, -0.25) is 4.79 Å². The van der Waals surface area contributed by atoms with Crippen molar-refractivity contribution in [2.75, 3.05) is 33.5 Å². The molecule has 1 fully saturated rings. The van der Waals surface area contributed by atoms with Crippen molar-refractivity contribution < 1.29 is 19.0 Å². The van der Waals surface area contributed by atoms with Gasteiger partial charge < -0.3 is 24.8 Å². The van der Waals surface area contributed by atoms with E-state index in [0.717, 1.165) is 5.56 Å². The van der Waals surface area contributed by atoms with Gasteiger partial charge in [0, 0.05) is 13.1 Å². The number of methoxy groups -OCH3 is 1. The lowest BCUT2D eigenvalue weighted by molar-refractivity contribution is -0.126. The molecule has 6 nitrogen and oxygen atoms in total. The summed E-state index contributed by atoms with van der Waals surface area (Å²) < 4.78 is 16.0. The molecule has 0 saturated carbocycles. The molecule has 1 saturated heterocycles. The van der Waals surface area contributed by atoms with Crippen LogP contribution in [0.1, 0.15) is 12.5 Å². The first-order valence-corrected chi connectivity index (χ1v) is 7.13. The Morgan fingerprint density at radius 2 is 2.27 bits per heavy atom. The highest BCUT2D eigenvalue weighted by molar-refractivity contribution is 5.85. The maximum absolute atomic E-state index is 12.0. The van der Waals surface area contributed by atoms with Crippen LogP contribution in [0.3, 0.4) is 0 Å². The van der Waals surface area contributed by atoms with Crippen LogP contribution >= 0.6 is 12.4 Å². The Hall–Kier alpha value is -1.50. The second-order valence-electron chi connectivity index (χ2n) is 4.72. The van der Waals surface area contributed by atoms with E-state index in [1.807, 2.05) is 25.1 Å². The summed E-state index contributed by atoms with van der Waals surface area (Å²) in [6.45, 7) is 4.72. The molecule has 7 heteroatoms. The third kappa shape index (κ3) is 5.05. The van der Waals surface area contributed by atoms with Crippen molar-refractivity contribution in [3.63, 3.8) is 0 Å². The van der Waals surface area contributed by atoms with E-state index in [0.29, 0.717) is 44.4 Å². The van der Waals surface area contributed by atoms with E-state index >= 15 is 0 Å². The molecule has 2 N–H and O–H groups in total. The molecule has 1 heterocycles. The fourth-order valence-corrected chi connectivity index (χ4v) is 2.14. The third-order valence-corrected chi connectivity index (χ3v) is 3.23. The molecule has 1 aromatic rings. The maximum atomic E-state index is 12.0. The number of rotatable bonds is 6. The molecule has 0 spiro atoms. The minimum absolute atomic E-state index is 0. The van der Waals surface area contributed by atoms with Crippen molar-refractivity contribution >= 4 is 18.3 Å². The van der Waals surface area contributed by atoms with Crippen LogP contribution in [0.2, 0.25) is 0 Å². The van der Waals surface area contributed by atoms with Crippen molar-refractivity contribution in [3.8, 4) is 11.5 Å². The smallest absolute Gasteiger partial charge is 0.239 e. The molecule has 0 bridgehead atoms. The molecule has 1 atom stereocenters. The number of morpholine rings is 1. The Balaban J connectivity index is 0.00000242. The number of halogens is 1. The Morgan fingerprint density at radius 1 is 1.45 bits per heavy atom. The molecule has 1 amide bonds. The van der Waals surface area contributed by atoms with Crippen LogP contribution in [0.5, 0.6) is 11.5 Å². The number of hydrogen-bond donors (Lipinski definition) is 2. The third-order valence-electron chi connectivity index (χ3n) is 3.23. The second-order valence-corrected chi connectivity index (χ2v) is 4.72. The summed E-state index contributed by atoms with van der Waals surface area (Å²) in [4.78, 5) is 12.0. The summed E-state index contributed by atoms with van der Waals surface area (Å²) in [7, 11) is 1.60. The first kappa shape index (κ1) is 18.5. The number of carbonyl (C=O) groups is 1. The van der Waals surface area contributed by atoms with Crippen LogP contribution < -0.4 is 20.1 Å². The van der Waals surface area contributed by atoms with Gasteiger partial charge in [0.05, 0.1) is 26.9 Å². The molecule has 1 aliphatic heterocycles. The number of nitrogens with one attached hydrogen (secondary N) is 2. The van der Waals surface area contributed by atoms with Gasteiger partial charge >= 0.3 is 0 Å².